The fourth-order valence-electron chi connectivity index (χ4n) is 1.43. The maximum absolute atomic E-state index is 5.23. The van der Waals surface area contributed by atoms with E-state index >= 15 is 0 Å². The van der Waals surface area contributed by atoms with Gasteiger partial charge in [-0.3, -0.25) is 0 Å². The number of ether oxygens (including phenoxy) is 2. The van der Waals surface area contributed by atoms with Gasteiger partial charge in [-0.05, 0) is 24.1 Å². The molecule has 0 saturated heterocycles. The third-order valence-electron chi connectivity index (χ3n) is 2.27. The fourth-order valence-corrected chi connectivity index (χ4v) is 1.43. The average molecular weight is 219 g/mol. The third kappa shape index (κ3) is 3.48. The van der Waals surface area contributed by atoms with Crippen LogP contribution in [0.1, 0.15) is 5.56 Å². The summed E-state index contributed by atoms with van der Waals surface area (Å²) in [6, 6.07) is 5.92. The fraction of sp³-hybridized carbons (Fsp3) is 0.385. The van der Waals surface area contributed by atoms with Crippen LogP contribution in [-0.4, -0.2) is 27.3 Å². The Balaban J connectivity index is 2.58. The maximum Gasteiger partial charge on any atom is 0.160 e. The van der Waals surface area contributed by atoms with Crippen molar-refractivity contribution in [1.82, 2.24) is 5.32 Å². The number of nitrogens with one attached hydrogen (secondary N) is 1. The first kappa shape index (κ1) is 12.4. The molecule has 86 valence electrons. The Morgan fingerprint density at radius 2 is 2.00 bits per heavy atom. The lowest BCUT2D eigenvalue weighted by molar-refractivity contribution is 0.354. The van der Waals surface area contributed by atoms with Gasteiger partial charge in [0.2, 0.25) is 0 Å². The summed E-state index contributed by atoms with van der Waals surface area (Å²) in [6.07, 6.45) is 6.06. The zero-order chi connectivity index (χ0) is 11.8. The molecule has 1 aromatic rings. The number of benzene rings is 1. The van der Waals surface area contributed by atoms with E-state index in [9.17, 15) is 0 Å². The van der Waals surface area contributed by atoms with E-state index in [1.54, 1.807) is 14.2 Å². The van der Waals surface area contributed by atoms with Gasteiger partial charge >= 0.3 is 0 Å². The number of hydrogen-bond donors (Lipinski definition) is 1. The molecule has 0 aliphatic heterocycles. The Kier molecular flexibility index (Phi) is 5.24. The molecule has 16 heavy (non-hydrogen) atoms. The lowest BCUT2D eigenvalue weighted by atomic mass is 10.1. The quantitative estimate of drug-likeness (QED) is 0.580. The van der Waals surface area contributed by atoms with Crippen LogP contribution in [0.15, 0.2) is 18.2 Å². The van der Waals surface area contributed by atoms with Gasteiger partial charge in [-0.1, -0.05) is 12.0 Å². The molecule has 0 amide bonds. The molecule has 3 heteroatoms. The lowest BCUT2D eigenvalue weighted by Crippen LogP contribution is -2.17. The Morgan fingerprint density at radius 1 is 1.25 bits per heavy atom. The summed E-state index contributed by atoms with van der Waals surface area (Å²) in [7, 11) is 3.27. The van der Waals surface area contributed by atoms with Gasteiger partial charge in [0.25, 0.3) is 0 Å². The Bertz CT molecular complexity index is 369. The Morgan fingerprint density at radius 3 is 2.62 bits per heavy atom. The first-order valence-electron chi connectivity index (χ1n) is 5.17. The molecule has 0 heterocycles. The second kappa shape index (κ2) is 6.76. The molecule has 0 aromatic heterocycles. The Labute approximate surface area is 96.8 Å². The Hall–Kier alpha value is -1.66. The van der Waals surface area contributed by atoms with E-state index < -0.39 is 0 Å². The highest BCUT2D eigenvalue weighted by Gasteiger charge is 2.03. The molecule has 3 nitrogen and oxygen atoms in total. The second-order valence-electron chi connectivity index (χ2n) is 3.32. The van der Waals surface area contributed by atoms with Crippen LogP contribution in [0.3, 0.4) is 0 Å². The highest BCUT2D eigenvalue weighted by molar-refractivity contribution is 5.42. The van der Waals surface area contributed by atoms with Gasteiger partial charge in [-0.15, -0.1) is 6.42 Å². The largest absolute Gasteiger partial charge is 0.493 e. The first-order chi connectivity index (χ1) is 7.81. The summed E-state index contributed by atoms with van der Waals surface area (Å²) in [5, 5.41) is 3.14. The summed E-state index contributed by atoms with van der Waals surface area (Å²) in [4.78, 5) is 0. The number of rotatable bonds is 6. The molecule has 1 N–H and O–H groups in total. The van der Waals surface area contributed by atoms with Crippen LogP contribution in [0.5, 0.6) is 11.5 Å². The normalized spacial score (nSPS) is 9.56. The van der Waals surface area contributed by atoms with Crippen LogP contribution in [0.4, 0.5) is 0 Å². The maximum atomic E-state index is 5.23. The summed E-state index contributed by atoms with van der Waals surface area (Å²) in [5.41, 5.74) is 1.20. The van der Waals surface area contributed by atoms with Crippen molar-refractivity contribution in [2.75, 3.05) is 27.3 Å². The highest BCUT2D eigenvalue weighted by Crippen LogP contribution is 2.27. The molecule has 0 fully saturated rings. The molecule has 0 aliphatic rings. The van der Waals surface area contributed by atoms with Gasteiger partial charge in [0.15, 0.2) is 11.5 Å². The van der Waals surface area contributed by atoms with Crippen LogP contribution in [0, 0.1) is 12.3 Å². The minimum absolute atomic E-state index is 0.604. The van der Waals surface area contributed by atoms with Crippen molar-refractivity contribution in [2.24, 2.45) is 0 Å². The van der Waals surface area contributed by atoms with E-state index in [-0.39, 0.29) is 0 Å². The van der Waals surface area contributed by atoms with Gasteiger partial charge in [0.05, 0.1) is 20.8 Å². The molecular weight excluding hydrogens is 202 g/mol. The molecule has 0 spiro atoms. The first-order valence-corrected chi connectivity index (χ1v) is 5.17. The zero-order valence-corrected chi connectivity index (χ0v) is 9.75. The van der Waals surface area contributed by atoms with E-state index in [0.29, 0.717) is 6.54 Å². The summed E-state index contributed by atoms with van der Waals surface area (Å²) < 4.78 is 10.4. The molecule has 1 aromatic carbocycles. The standard InChI is InChI=1S/C13H17NO2/c1-4-8-14-9-7-11-5-6-12(15-2)13(10-11)16-3/h1,5-6,10,14H,7-9H2,2-3H3. The van der Waals surface area contributed by atoms with E-state index in [4.69, 9.17) is 15.9 Å². The van der Waals surface area contributed by atoms with E-state index in [2.05, 4.69) is 11.2 Å². The van der Waals surface area contributed by atoms with Crippen LogP contribution in [0.25, 0.3) is 0 Å². The van der Waals surface area contributed by atoms with Crippen molar-refractivity contribution in [1.29, 1.82) is 0 Å². The van der Waals surface area contributed by atoms with Gasteiger partial charge in [0, 0.05) is 6.54 Å². The zero-order valence-electron chi connectivity index (χ0n) is 9.75. The SMILES string of the molecule is C#CCNCCc1ccc(OC)c(OC)c1. The average Bonchev–Trinajstić information content (AvgIpc) is 2.34. The number of hydrogen-bond acceptors (Lipinski definition) is 3. The van der Waals surface area contributed by atoms with Crippen LogP contribution < -0.4 is 14.8 Å². The smallest absolute Gasteiger partial charge is 0.160 e. The molecule has 0 unspecified atom stereocenters. The van der Waals surface area contributed by atoms with Crippen LogP contribution in [-0.2, 0) is 6.42 Å². The van der Waals surface area contributed by atoms with Crippen molar-refractivity contribution in [3.63, 3.8) is 0 Å². The summed E-state index contributed by atoms with van der Waals surface area (Å²) >= 11 is 0. The van der Waals surface area contributed by atoms with E-state index in [1.165, 1.54) is 5.56 Å². The third-order valence-corrected chi connectivity index (χ3v) is 2.27. The van der Waals surface area contributed by atoms with Crippen molar-refractivity contribution in [2.45, 2.75) is 6.42 Å². The van der Waals surface area contributed by atoms with Crippen molar-refractivity contribution in [3.8, 4) is 23.8 Å². The minimum atomic E-state index is 0.604. The number of methoxy groups -OCH3 is 2. The monoisotopic (exact) mass is 219 g/mol. The number of terminal acetylenes is 1. The topological polar surface area (TPSA) is 30.5 Å². The summed E-state index contributed by atoms with van der Waals surface area (Å²) in [5.74, 6) is 4.05. The van der Waals surface area contributed by atoms with Gasteiger partial charge in [0.1, 0.15) is 0 Å². The second-order valence-corrected chi connectivity index (χ2v) is 3.32. The van der Waals surface area contributed by atoms with Gasteiger partial charge in [-0.25, -0.2) is 0 Å². The van der Waals surface area contributed by atoms with Gasteiger partial charge < -0.3 is 14.8 Å². The van der Waals surface area contributed by atoms with Crippen molar-refractivity contribution in [3.05, 3.63) is 23.8 Å². The lowest BCUT2D eigenvalue weighted by Gasteiger charge is -2.09. The molecule has 0 atom stereocenters. The van der Waals surface area contributed by atoms with Crippen molar-refractivity contribution >= 4 is 0 Å². The predicted molar refractivity (Wildman–Crippen MR) is 65.0 cm³/mol. The van der Waals surface area contributed by atoms with Gasteiger partial charge in [-0.2, -0.15) is 0 Å². The van der Waals surface area contributed by atoms with Crippen LogP contribution in [0.2, 0.25) is 0 Å². The molecule has 0 radical (unpaired) electrons. The van der Waals surface area contributed by atoms with Crippen molar-refractivity contribution < 1.29 is 9.47 Å². The molecule has 1 rings (SSSR count). The minimum Gasteiger partial charge on any atom is -0.493 e. The van der Waals surface area contributed by atoms with E-state index in [1.807, 2.05) is 18.2 Å². The summed E-state index contributed by atoms with van der Waals surface area (Å²) in [6.45, 7) is 1.47. The van der Waals surface area contributed by atoms with Crippen LogP contribution >= 0.6 is 0 Å². The van der Waals surface area contributed by atoms with E-state index in [0.717, 1.165) is 24.5 Å². The molecule has 0 saturated carbocycles. The molecule has 0 bridgehead atoms. The predicted octanol–water partition coefficient (Wildman–Crippen LogP) is 1.47. The molecule has 0 aliphatic carbocycles. The molecular formula is C13H17NO2. The highest BCUT2D eigenvalue weighted by atomic mass is 16.5.